The van der Waals surface area contributed by atoms with Gasteiger partial charge in [0.1, 0.15) is 11.8 Å². The van der Waals surface area contributed by atoms with Crippen LogP contribution in [0.3, 0.4) is 0 Å². The van der Waals surface area contributed by atoms with Gasteiger partial charge in [0.15, 0.2) is 5.78 Å². The number of carbonyl (C=O) groups is 2. The maximum absolute atomic E-state index is 13.6. The highest BCUT2D eigenvalue weighted by Crippen LogP contribution is 2.47. The van der Waals surface area contributed by atoms with E-state index < -0.39 is 11.0 Å². The number of ketones is 1. The van der Waals surface area contributed by atoms with Crippen molar-refractivity contribution in [2.24, 2.45) is 0 Å². The third-order valence-corrected chi connectivity index (χ3v) is 6.19. The fourth-order valence-corrected chi connectivity index (χ4v) is 4.78. The van der Waals surface area contributed by atoms with Gasteiger partial charge in [-0.15, -0.1) is 0 Å². The predicted octanol–water partition coefficient (Wildman–Crippen LogP) is 5.11. The normalized spacial score (nSPS) is 19.9. The van der Waals surface area contributed by atoms with Crippen molar-refractivity contribution in [2.45, 2.75) is 31.7 Å². The minimum Gasteiger partial charge on any atom is -0.467 e. The number of Topliss-reactive ketones (excluding diaryl/α,β-unsaturated/α-hetero) is 1. The molecule has 166 valence electrons. The summed E-state index contributed by atoms with van der Waals surface area (Å²) in [6, 6.07) is 16.6. The van der Waals surface area contributed by atoms with Crippen molar-refractivity contribution < 1.29 is 18.9 Å². The van der Waals surface area contributed by atoms with Gasteiger partial charge >= 0.3 is 0 Å². The Morgan fingerprint density at radius 2 is 1.94 bits per heavy atom. The maximum Gasteiger partial charge on any atom is 0.269 e. The first-order valence-electron chi connectivity index (χ1n) is 10.6. The minimum absolute atomic E-state index is 0.00452. The van der Waals surface area contributed by atoms with Crippen molar-refractivity contribution in [1.82, 2.24) is 0 Å². The molecule has 2 aliphatic rings. The number of carbonyl (C=O) groups excluding carboxylic acids is 2. The molecule has 8 nitrogen and oxygen atoms in total. The van der Waals surface area contributed by atoms with E-state index in [1.54, 1.807) is 23.1 Å². The van der Waals surface area contributed by atoms with Crippen LogP contribution < -0.4 is 10.2 Å². The minimum atomic E-state index is -0.706. The first-order valence-corrected chi connectivity index (χ1v) is 10.6. The summed E-state index contributed by atoms with van der Waals surface area (Å²) in [5.41, 5.74) is 3.28. The first kappa shape index (κ1) is 20.7. The molecule has 0 spiro atoms. The van der Waals surface area contributed by atoms with E-state index in [2.05, 4.69) is 5.32 Å². The highest BCUT2D eigenvalue weighted by molar-refractivity contribution is 6.05. The zero-order valence-electron chi connectivity index (χ0n) is 17.9. The van der Waals surface area contributed by atoms with Gasteiger partial charge in [0.05, 0.1) is 22.6 Å². The van der Waals surface area contributed by atoms with Crippen molar-refractivity contribution in [3.63, 3.8) is 0 Å². The molecule has 33 heavy (non-hydrogen) atoms. The van der Waals surface area contributed by atoms with Crippen molar-refractivity contribution in [3.8, 4) is 0 Å². The molecule has 2 unspecified atom stereocenters. The molecule has 5 rings (SSSR count). The summed E-state index contributed by atoms with van der Waals surface area (Å²) in [5, 5.41) is 14.6. The van der Waals surface area contributed by atoms with Gasteiger partial charge in [-0.05, 0) is 42.2 Å². The lowest BCUT2D eigenvalue weighted by Gasteiger charge is -2.33. The number of fused-ring (bicyclic) bond motifs is 1. The van der Waals surface area contributed by atoms with E-state index in [4.69, 9.17) is 4.42 Å². The van der Waals surface area contributed by atoms with E-state index >= 15 is 0 Å². The van der Waals surface area contributed by atoms with Gasteiger partial charge < -0.3 is 9.73 Å². The van der Waals surface area contributed by atoms with Crippen LogP contribution in [0.2, 0.25) is 0 Å². The molecule has 3 aromatic rings. The number of nitro groups is 1. The Bertz CT molecular complexity index is 1290. The largest absolute Gasteiger partial charge is 0.467 e. The molecule has 8 heteroatoms. The molecule has 0 fully saturated rings. The van der Waals surface area contributed by atoms with Crippen LogP contribution in [0.15, 0.2) is 82.6 Å². The summed E-state index contributed by atoms with van der Waals surface area (Å²) in [6.45, 7) is 1.47. The molecule has 0 saturated carbocycles. The van der Waals surface area contributed by atoms with E-state index in [1.165, 1.54) is 25.3 Å². The number of nitrogens with zero attached hydrogens (tertiary/aromatic N) is 2. The zero-order chi connectivity index (χ0) is 23.1. The van der Waals surface area contributed by atoms with Crippen molar-refractivity contribution in [2.75, 3.05) is 10.2 Å². The van der Waals surface area contributed by atoms with Crippen LogP contribution in [0.4, 0.5) is 17.1 Å². The second kappa shape index (κ2) is 8.05. The predicted molar refractivity (Wildman–Crippen MR) is 122 cm³/mol. The van der Waals surface area contributed by atoms with Gasteiger partial charge in [0, 0.05) is 36.7 Å². The quantitative estimate of drug-likeness (QED) is 0.445. The second-order valence-electron chi connectivity index (χ2n) is 8.22. The molecular formula is C25H21N3O5. The number of furan rings is 1. The summed E-state index contributed by atoms with van der Waals surface area (Å²) in [4.78, 5) is 38.9. The average molecular weight is 443 g/mol. The topological polar surface area (TPSA) is 106 Å². The molecule has 2 atom stereocenters. The molecule has 1 aromatic heterocycles. The van der Waals surface area contributed by atoms with Gasteiger partial charge in [-0.3, -0.25) is 24.6 Å². The van der Waals surface area contributed by atoms with E-state index in [9.17, 15) is 19.7 Å². The van der Waals surface area contributed by atoms with E-state index in [-0.39, 0.29) is 29.7 Å². The van der Waals surface area contributed by atoms with Gasteiger partial charge in [-0.25, -0.2) is 0 Å². The molecule has 2 heterocycles. The summed E-state index contributed by atoms with van der Waals surface area (Å²) < 4.78 is 5.69. The number of allylic oxidation sites excluding steroid dienone is 1. The lowest BCUT2D eigenvalue weighted by atomic mass is 9.79. The Kier molecular flexibility index (Phi) is 5.05. The van der Waals surface area contributed by atoms with Crippen molar-refractivity contribution >= 4 is 28.8 Å². The Hall–Kier alpha value is -4.20. The molecule has 0 radical (unpaired) electrons. The van der Waals surface area contributed by atoms with Crippen LogP contribution in [0.1, 0.15) is 43.0 Å². The monoisotopic (exact) mass is 443 g/mol. The van der Waals surface area contributed by atoms with Gasteiger partial charge in [-0.2, -0.15) is 0 Å². The standard InChI is InChI=1S/C25H21N3O5/c1-15(29)27-21-9-3-2-8-19(21)26-20-13-17(16-6-4-7-18(12-16)28(31)32)14-22(30)24(20)25(27)23-10-5-11-33-23/h2-12,17,25-26H,13-14H2,1H3. The molecule has 0 saturated heterocycles. The number of anilines is 2. The molecule has 1 aliphatic heterocycles. The third kappa shape index (κ3) is 3.59. The number of amides is 1. The summed E-state index contributed by atoms with van der Waals surface area (Å²) in [5.74, 6) is -0.0657. The molecule has 2 aromatic carbocycles. The van der Waals surface area contributed by atoms with Crippen LogP contribution in [0.5, 0.6) is 0 Å². The number of nitro benzene ring substituents is 1. The maximum atomic E-state index is 13.6. The molecular weight excluding hydrogens is 422 g/mol. The van der Waals surface area contributed by atoms with Crippen molar-refractivity contribution in [1.29, 1.82) is 0 Å². The number of para-hydroxylation sites is 2. The summed E-state index contributed by atoms with van der Waals surface area (Å²) in [7, 11) is 0. The number of benzene rings is 2. The number of hydrogen-bond donors (Lipinski definition) is 1. The number of nitrogens with one attached hydrogen (secondary N) is 1. The number of hydrogen-bond acceptors (Lipinski definition) is 6. The lowest BCUT2D eigenvalue weighted by molar-refractivity contribution is -0.384. The second-order valence-corrected chi connectivity index (χ2v) is 8.22. The van der Waals surface area contributed by atoms with Crippen LogP contribution in [-0.4, -0.2) is 16.6 Å². The first-order chi connectivity index (χ1) is 15.9. The van der Waals surface area contributed by atoms with Crippen LogP contribution in [0, 0.1) is 10.1 Å². The van der Waals surface area contributed by atoms with Gasteiger partial charge in [0.2, 0.25) is 5.91 Å². The van der Waals surface area contributed by atoms with E-state index in [1.807, 2.05) is 30.3 Å². The molecule has 0 bridgehead atoms. The molecule has 1 N–H and O–H groups in total. The Labute approximate surface area is 189 Å². The Balaban J connectivity index is 1.66. The summed E-state index contributed by atoms with van der Waals surface area (Å²) >= 11 is 0. The van der Waals surface area contributed by atoms with Crippen LogP contribution in [-0.2, 0) is 9.59 Å². The summed E-state index contributed by atoms with van der Waals surface area (Å²) in [6.07, 6.45) is 2.18. The highest BCUT2D eigenvalue weighted by atomic mass is 16.6. The van der Waals surface area contributed by atoms with E-state index in [0.29, 0.717) is 34.8 Å². The van der Waals surface area contributed by atoms with Gasteiger partial charge in [-0.1, -0.05) is 24.3 Å². The fraction of sp³-hybridized carbons (Fsp3) is 0.200. The third-order valence-electron chi connectivity index (χ3n) is 6.19. The van der Waals surface area contributed by atoms with Crippen molar-refractivity contribution in [3.05, 3.63) is 99.6 Å². The Morgan fingerprint density at radius 3 is 2.67 bits per heavy atom. The highest BCUT2D eigenvalue weighted by Gasteiger charge is 2.42. The van der Waals surface area contributed by atoms with Gasteiger partial charge in [0.25, 0.3) is 5.69 Å². The lowest BCUT2D eigenvalue weighted by Crippen LogP contribution is -2.37. The van der Waals surface area contributed by atoms with Crippen LogP contribution in [0.25, 0.3) is 0 Å². The SMILES string of the molecule is CC(=O)N1c2ccccc2NC2=C(C(=O)CC(c3cccc([N+](=O)[O-])c3)C2)C1c1ccco1. The fourth-order valence-electron chi connectivity index (χ4n) is 4.78. The molecule has 1 amide bonds. The average Bonchev–Trinajstić information content (AvgIpc) is 3.28. The smallest absolute Gasteiger partial charge is 0.269 e. The Morgan fingerprint density at radius 1 is 1.12 bits per heavy atom. The van der Waals surface area contributed by atoms with E-state index in [0.717, 1.165) is 5.56 Å². The van der Waals surface area contributed by atoms with Crippen LogP contribution >= 0.6 is 0 Å². The number of non-ortho nitro benzene ring substituents is 1. The number of rotatable bonds is 3. The zero-order valence-corrected chi connectivity index (χ0v) is 17.9. The molecule has 1 aliphatic carbocycles.